The second-order valence-electron chi connectivity index (χ2n) is 8.88. The molecule has 0 saturated carbocycles. The molecule has 0 aromatic heterocycles. The SMILES string of the molecule is COc1ccc(C2CCOCC2)c2c1CC(NC(=O)c1ccc(CN3CCCC3=O)cc1)=N2. The van der Waals surface area contributed by atoms with Gasteiger partial charge >= 0.3 is 0 Å². The van der Waals surface area contributed by atoms with E-state index in [9.17, 15) is 9.59 Å². The second kappa shape index (κ2) is 9.35. The molecule has 2 fully saturated rings. The number of carbonyl (C=O) groups is 2. The number of nitrogens with zero attached hydrogens (tertiary/aromatic N) is 2. The Labute approximate surface area is 193 Å². The minimum atomic E-state index is -0.183. The fourth-order valence-electron chi connectivity index (χ4n) is 4.94. The van der Waals surface area contributed by atoms with Crippen molar-refractivity contribution in [3.05, 3.63) is 58.7 Å². The molecule has 7 heteroatoms. The molecular formula is C26H29N3O4. The minimum Gasteiger partial charge on any atom is -0.496 e. The molecule has 1 N–H and O–H groups in total. The van der Waals surface area contributed by atoms with Crippen molar-refractivity contribution in [2.24, 2.45) is 4.99 Å². The summed E-state index contributed by atoms with van der Waals surface area (Å²) < 4.78 is 11.1. The van der Waals surface area contributed by atoms with Gasteiger partial charge in [0, 0.05) is 50.3 Å². The lowest BCUT2D eigenvalue weighted by Gasteiger charge is -2.24. The molecule has 2 aromatic rings. The molecule has 3 aliphatic rings. The topological polar surface area (TPSA) is 80.2 Å². The Morgan fingerprint density at radius 1 is 1.18 bits per heavy atom. The van der Waals surface area contributed by atoms with Crippen molar-refractivity contribution in [2.75, 3.05) is 26.9 Å². The summed E-state index contributed by atoms with van der Waals surface area (Å²) in [5.41, 5.74) is 4.77. The van der Waals surface area contributed by atoms with Crippen LogP contribution in [0, 0.1) is 0 Å². The van der Waals surface area contributed by atoms with Crippen LogP contribution in [0.4, 0.5) is 5.69 Å². The van der Waals surface area contributed by atoms with Gasteiger partial charge in [0.15, 0.2) is 0 Å². The first kappa shape index (κ1) is 21.6. The number of hydrogen-bond donors (Lipinski definition) is 1. The first-order valence-electron chi connectivity index (χ1n) is 11.7. The summed E-state index contributed by atoms with van der Waals surface area (Å²) in [6.07, 6.45) is 4.05. The first-order chi connectivity index (χ1) is 16.1. The molecule has 33 heavy (non-hydrogen) atoms. The van der Waals surface area contributed by atoms with Gasteiger partial charge in [-0.15, -0.1) is 0 Å². The van der Waals surface area contributed by atoms with Gasteiger partial charge in [-0.1, -0.05) is 18.2 Å². The van der Waals surface area contributed by atoms with E-state index < -0.39 is 0 Å². The zero-order valence-corrected chi connectivity index (χ0v) is 18.9. The van der Waals surface area contributed by atoms with Crippen LogP contribution in [0.5, 0.6) is 5.75 Å². The van der Waals surface area contributed by atoms with Gasteiger partial charge in [-0.3, -0.25) is 9.59 Å². The van der Waals surface area contributed by atoms with Gasteiger partial charge in [-0.2, -0.15) is 0 Å². The lowest BCUT2D eigenvalue weighted by atomic mass is 9.89. The molecule has 0 atom stereocenters. The third kappa shape index (κ3) is 4.50. The number of benzene rings is 2. The highest BCUT2D eigenvalue weighted by Crippen LogP contribution is 2.42. The minimum absolute atomic E-state index is 0.183. The summed E-state index contributed by atoms with van der Waals surface area (Å²) in [4.78, 5) is 31.4. The van der Waals surface area contributed by atoms with Crippen LogP contribution in [-0.2, 0) is 22.5 Å². The molecule has 2 saturated heterocycles. The maximum Gasteiger partial charge on any atom is 0.256 e. The summed E-state index contributed by atoms with van der Waals surface area (Å²) in [5, 5.41) is 2.99. The van der Waals surface area contributed by atoms with Crippen LogP contribution < -0.4 is 10.1 Å². The van der Waals surface area contributed by atoms with Crippen molar-refractivity contribution in [2.45, 2.75) is 44.6 Å². The van der Waals surface area contributed by atoms with Crippen LogP contribution in [0.1, 0.15) is 58.6 Å². The molecule has 5 rings (SSSR count). The normalized spacial score (nSPS) is 18.3. The fraction of sp³-hybridized carbons (Fsp3) is 0.423. The number of amidine groups is 1. The summed E-state index contributed by atoms with van der Waals surface area (Å²) in [7, 11) is 1.66. The van der Waals surface area contributed by atoms with E-state index in [0.29, 0.717) is 36.7 Å². The van der Waals surface area contributed by atoms with Crippen molar-refractivity contribution in [3.8, 4) is 5.75 Å². The number of amides is 2. The smallest absolute Gasteiger partial charge is 0.256 e. The number of rotatable bonds is 5. The fourth-order valence-corrected chi connectivity index (χ4v) is 4.94. The molecule has 0 bridgehead atoms. The van der Waals surface area contributed by atoms with Crippen LogP contribution in [0.25, 0.3) is 0 Å². The monoisotopic (exact) mass is 447 g/mol. The standard InChI is InChI=1S/C26H29N3O4/c1-32-22-9-8-20(18-10-13-33-14-11-18)25-21(22)15-23(27-25)28-26(31)19-6-4-17(5-7-19)16-29-12-2-3-24(29)30/h4-9,18H,2-3,10-16H2,1H3,(H,27,28,31). The largest absolute Gasteiger partial charge is 0.496 e. The van der Waals surface area contributed by atoms with E-state index in [4.69, 9.17) is 14.5 Å². The zero-order valence-electron chi connectivity index (χ0n) is 18.9. The lowest BCUT2D eigenvalue weighted by Crippen LogP contribution is -2.30. The van der Waals surface area contributed by atoms with Crippen molar-refractivity contribution in [3.63, 3.8) is 0 Å². The molecule has 0 aliphatic carbocycles. The van der Waals surface area contributed by atoms with Gasteiger partial charge < -0.3 is 19.7 Å². The maximum absolute atomic E-state index is 12.9. The van der Waals surface area contributed by atoms with Gasteiger partial charge in [-0.05, 0) is 54.5 Å². The summed E-state index contributed by atoms with van der Waals surface area (Å²) in [5.74, 6) is 1.87. The van der Waals surface area contributed by atoms with E-state index in [1.165, 1.54) is 5.56 Å². The van der Waals surface area contributed by atoms with Crippen molar-refractivity contribution < 1.29 is 19.1 Å². The van der Waals surface area contributed by atoms with Gasteiger partial charge in [0.25, 0.3) is 5.91 Å². The molecule has 0 radical (unpaired) electrons. The van der Waals surface area contributed by atoms with Gasteiger partial charge in [0.1, 0.15) is 11.6 Å². The highest BCUT2D eigenvalue weighted by atomic mass is 16.5. The zero-order chi connectivity index (χ0) is 22.8. The Hall–Kier alpha value is -3.19. The van der Waals surface area contributed by atoms with Crippen molar-refractivity contribution in [1.29, 1.82) is 0 Å². The Morgan fingerprint density at radius 2 is 1.97 bits per heavy atom. The number of carbonyl (C=O) groups excluding carboxylic acids is 2. The number of likely N-dealkylation sites (tertiary alicyclic amines) is 1. The molecule has 2 aromatic carbocycles. The Kier molecular flexibility index (Phi) is 6.13. The number of methoxy groups -OCH3 is 1. The van der Waals surface area contributed by atoms with E-state index in [2.05, 4.69) is 11.4 Å². The number of hydrogen-bond acceptors (Lipinski definition) is 5. The number of nitrogens with one attached hydrogen (secondary N) is 1. The van der Waals surface area contributed by atoms with E-state index in [0.717, 1.165) is 61.6 Å². The summed E-state index contributed by atoms with van der Waals surface area (Å²) in [6, 6.07) is 11.6. The average Bonchev–Trinajstić information content (AvgIpc) is 3.45. The number of fused-ring (bicyclic) bond motifs is 1. The summed E-state index contributed by atoms with van der Waals surface area (Å²) in [6.45, 7) is 2.93. The van der Waals surface area contributed by atoms with Gasteiger partial charge in [0.2, 0.25) is 5.91 Å². The third-order valence-corrected chi connectivity index (χ3v) is 6.76. The van der Waals surface area contributed by atoms with Gasteiger partial charge in [-0.25, -0.2) is 4.99 Å². The molecule has 7 nitrogen and oxygen atoms in total. The Balaban J connectivity index is 1.29. The molecular weight excluding hydrogens is 418 g/mol. The number of ether oxygens (including phenoxy) is 2. The predicted molar refractivity (Wildman–Crippen MR) is 125 cm³/mol. The van der Waals surface area contributed by atoms with E-state index >= 15 is 0 Å². The molecule has 172 valence electrons. The van der Waals surface area contributed by atoms with Crippen LogP contribution in [0.3, 0.4) is 0 Å². The summed E-state index contributed by atoms with van der Waals surface area (Å²) >= 11 is 0. The molecule has 0 unspecified atom stereocenters. The average molecular weight is 448 g/mol. The van der Waals surface area contributed by atoms with Crippen LogP contribution in [-0.4, -0.2) is 49.4 Å². The molecule has 3 aliphatic heterocycles. The predicted octanol–water partition coefficient (Wildman–Crippen LogP) is 3.73. The Morgan fingerprint density at radius 3 is 2.67 bits per heavy atom. The van der Waals surface area contributed by atoms with Crippen molar-refractivity contribution in [1.82, 2.24) is 10.2 Å². The highest BCUT2D eigenvalue weighted by molar-refractivity contribution is 6.09. The molecule has 3 heterocycles. The lowest BCUT2D eigenvalue weighted by molar-refractivity contribution is -0.128. The Bertz CT molecular complexity index is 1090. The van der Waals surface area contributed by atoms with Crippen LogP contribution in [0.2, 0.25) is 0 Å². The van der Waals surface area contributed by atoms with E-state index in [1.807, 2.05) is 35.2 Å². The highest BCUT2D eigenvalue weighted by Gasteiger charge is 2.28. The molecule has 2 amide bonds. The van der Waals surface area contributed by atoms with E-state index in [-0.39, 0.29) is 11.8 Å². The van der Waals surface area contributed by atoms with Gasteiger partial charge in [0.05, 0.1) is 12.8 Å². The quantitative estimate of drug-likeness (QED) is 0.758. The third-order valence-electron chi connectivity index (χ3n) is 6.76. The first-order valence-corrected chi connectivity index (χ1v) is 11.7. The van der Waals surface area contributed by atoms with Crippen LogP contribution >= 0.6 is 0 Å². The van der Waals surface area contributed by atoms with Crippen LogP contribution in [0.15, 0.2) is 41.4 Å². The van der Waals surface area contributed by atoms with E-state index in [1.54, 1.807) is 7.11 Å². The molecule has 0 spiro atoms. The number of aliphatic imine (C=N–C) groups is 1. The second-order valence-corrected chi connectivity index (χ2v) is 8.88. The maximum atomic E-state index is 12.9. The van der Waals surface area contributed by atoms with Crippen molar-refractivity contribution >= 4 is 23.3 Å².